The van der Waals surface area contributed by atoms with Crippen LogP contribution in [0.25, 0.3) is 23.0 Å². The second kappa shape index (κ2) is 9.30. The number of nitrogens with zero attached hydrogens (tertiary/aromatic N) is 3. The molecular formula is C25H25N3O2S2. The van der Waals surface area contributed by atoms with Gasteiger partial charge in [0.1, 0.15) is 15.8 Å². The second-order valence-electron chi connectivity index (χ2n) is 7.78. The van der Waals surface area contributed by atoms with Crippen molar-refractivity contribution in [1.29, 1.82) is 0 Å². The fourth-order valence-corrected chi connectivity index (χ4v) is 4.95. The summed E-state index contributed by atoms with van der Waals surface area (Å²) >= 11 is 6.72. The molecule has 0 N–H and O–H groups in total. The van der Waals surface area contributed by atoms with Crippen molar-refractivity contribution in [2.24, 2.45) is 0 Å². The van der Waals surface area contributed by atoms with Crippen molar-refractivity contribution in [3.05, 3.63) is 70.8 Å². The third kappa shape index (κ3) is 4.49. The molecule has 3 aromatic rings. The van der Waals surface area contributed by atoms with Gasteiger partial charge in [-0.15, -0.1) is 0 Å². The Kier molecular flexibility index (Phi) is 6.48. The van der Waals surface area contributed by atoms with E-state index in [0.29, 0.717) is 15.8 Å². The molecule has 7 heteroatoms. The number of hydrogen-bond acceptors (Lipinski definition) is 5. The average molecular weight is 464 g/mol. The van der Waals surface area contributed by atoms with Gasteiger partial charge in [0.25, 0.3) is 5.91 Å². The lowest BCUT2D eigenvalue weighted by Gasteiger charge is -2.12. The second-order valence-corrected chi connectivity index (χ2v) is 9.46. The third-order valence-corrected chi connectivity index (χ3v) is 6.44. The normalized spacial score (nSPS) is 15.3. The van der Waals surface area contributed by atoms with Gasteiger partial charge in [-0.2, -0.15) is 5.10 Å². The van der Waals surface area contributed by atoms with Crippen LogP contribution in [0.1, 0.15) is 31.9 Å². The molecular weight excluding hydrogens is 438 g/mol. The lowest BCUT2D eigenvalue weighted by molar-refractivity contribution is -0.121. The summed E-state index contributed by atoms with van der Waals surface area (Å²) in [4.78, 5) is 15.0. The lowest BCUT2D eigenvalue weighted by Crippen LogP contribution is -2.27. The number of carbonyl (C=O) groups excluding carboxylic acids is 1. The Morgan fingerprint density at radius 3 is 2.56 bits per heavy atom. The number of aromatic nitrogens is 2. The van der Waals surface area contributed by atoms with Gasteiger partial charge in [-0.3, -0.25) is 9.69 Å². The Bertz CT molecular complexity index is 1200. The van der Waals surface area contributed by atoms with Crippen LogP contribution in [0.2, 0.25) is 0 Å². The summed E-state index contributed by atoms with van der Waals surface area (Å²) in [6.07, 6.45) is 3.96. The standard InChI is InChI=1S/C25H25N3O2S2/c1-5-27-24(29)22(32-25(27)31)14-18-15-28(19-9-7-6-8-10-19)26-23(18)21-12-11-20(13-17(21)4)30-16(2)3/h6-16H,5H2,1-4H3. The first-order valence-electron chi connectivity index (χ1n) is 10.6. The number of aryl methyl sites for hydroxylation is 1. The van der Waals surface area contributed by atoms with E-state index in [1.54, 1.807) is 4.90 Å². The first-order valence-corrected chi connectivity index (χ1v) is 11.8. The number of thioether (sulfide) groups is 1. The molecule has 1 fully saturated rings. The van der Waals surface area contributed by atoms with Crippen LogP contribution in [-0.4, -0.2) is 37.6 Å². The van der Waals surface area contributed by atoms with Crippen LogP contribution in [-0.2, 0) is 4.79 Å². The summed E-state index contributed by atoms with van der Waals surface area (Å²) in [6.45, 7) is 8.56. The molecule has 1 aliphatic rings. The number of benzene rings is 2. The van der Waals surface area contributed by atoms with Crippen molar-refractivity contribution in [3.8, 4) is 22.7 Å². The predicted octanol–water partition coefficient (Wildman–Crippen LogP) is 5.86. The summed E-state index contributed by atoms with van der Waals surface area (Å²) in [7, 11) is 0. The number of ether oxygens (including phenoxy) is 1. The van der Waals surface area contributed by atoms with Crippen molar-refractivity contribution in [1.82, 2.24) is 14.7 Å². The number of amides is 1. The van der Waals surface area contributed by atoms with Crippen molar-refractivity contribution >= 4 is 40.3 Å². The summed E-state index contributed by atoms with van der Waals surface area (Å²) in [5.41, 5.74) is 4.67. The minimum Gasteiger partial charge on any atom is -0.491 e. The van der Waals surface area contributed by atoms with E-state index < -0.39 is 0 Å². The Morgan fingerprint density at radius 1 is 1.19 bits per heavy atom. The number of hydrogen-bond donors (Lipinski definition) is 0. The molecule has 1 aliphatic heterocycles. The topological polar surface area (TPSA) is 47.4 Å². The van der Waals surface area contributed by atoms with Gasteiger partial charge in [0.15, 0.2) is 0 Å². The minimum atomic E-state index is -0.0571. The molecule has 2 heterocycles. The molecule has 5 nitrogen and oxygen atoms in total. The summed E-state index contributed by atoms with van der Waals surface area (Å²) in [5.74, 6) is 0.771. The molecule has 164 valence electrons. The minimum absolute atomic E-state index is 0.0571. The lowest BCUT2D eigenvalue weighted by atomic mass is 10.0. The summed E-state index contributed by atoms with van der Waals surface area (Å²) in [5, 5.41) is 4.89. The molecule has 2 aromatic carbocycles. The van der Waals surface area contributed by atoms with Crippen molar-refractivity contribution in [2.45, 2.75) is 33.8 Å². The van der Waals surface area contributed by atoms with E-state index in [2.05, 4.69) is 0 Å². The fraction of sp³-hybridized carbons (Fsp3) is 0.240. The Balaban J connectivity index is 1.82. The highest BCUT2D eigenvalue weighted by atomic mass is 32.2. The molecule has 0 saturated carbocycles. The van der Waals surface area contributed by atoms with Gasteiger partial charge >= 0.3 is 0 Å². The predicted molar refractivity (Wildman–Crippen MR) is 135 cm³/mol. The van der Waals surface area contributed by atoms with E-state index in [9.17, 15) is 4.79 Å². The van der Waals surface area contributed by atoms with Crippen LogP contribution < -0.4 is 4.74 Å². The highest BCUT2D eigenvalue weighted by Crippen LogP contribution is 2.36. The number of carbonyl (C=O) groups is 1. The van der Waals surface area contributed by atoms with E-state index in [0.717, 1.165) is 33.8 Å². The molecule has 0 unspecified atom stereocenters. The van der Waals surface area contributed by atoms with Crippen LogP contribution in [0.4, 0.5) is 0 Å². The first-order chi connectivity index (χ1) is 15.4. The van der Waals surface area contributed by atoms with Crippen LogP contribution in [0, 0.1) is 6.92 Å². The molecule has 4 rings (SSSR count). The van der Waals surface area contributed by atoms with Crippen LogP contribution in [0.5, 0.6) is 5.75 Å². The molecule has 1 saturated heterocycles. The fourth-order valence-electron chi connectivity index (χ4n) is 3.58. The zero-order chi connectivity index (χ0) is 22.8. The zero-order valence-corrected chi connectivity index (χ0v) is 20.2. The Morgan fingerprint density at radius 2 is 1.94 bits per heavy atom. The van der Waals surface area contributed by atoms with Crippen LogP contribution in [0.15, 0.2) is 59.6 Å². The molecule has 0 radical (unpaired) electrons. The van der Waals surface area contributed by atoms with Crippen molar-refractivity contribution in [3.63, 3.8) is 0 Å². The molecule has 1 aromatic heterocycles. The van der Waals surface area contributed by atoms with E-state index >= 15 is 0 Å². The van der Waals surface area contributed by atoms with Crippen molar-refractivity contribution in [2.75, 3.05) is 6.54 Å². The maximum absolute atomic E-state index is 12.8. The maximum Gasteiger partial charge on any atom is 0.266 e. The first kappa shape index (κ1) is 22.3. The number of likely N-dealkylation sites (N-methyl/N-ethyl adjacent to an activating group) is 1. The third-order valence-electron chi connectivity index (χ3n) is 5.06. The highest BCUT2D eigenvalue weighted by Gasteiger charge is 2.31. The van der Waals surface area contributed by atoms with E-state index in [-0.39, 0.29) is 12.0 Å². The molecule has 32 heavy (non-hydrogen) atoms. The van der Waals surface area contributed by atoms with Crippen LogP contribution >= 0.6 is 24.0 Å². The van der Waals surface area contributed by atoms with E-state index in [1.165, 1.54) is 11.8 Å². The molecule has 0 atom stereocenters. The SMILES string of the molecule is CCN1C(=O)C(=Cc2cn(-c3ccccc3)nc2-c2ccc(OC(C)C)cc2C)SC1=S. The summed E-state index contributed by atoms with van der Waals surface area (Å²) < 4.78 is 8.28. The van der Waals surface area contributed by atoms with Gasteiger partial charge in [-0.05, 0) is 69.7 Å². The zero-order valence-electron chi connectivity index (χ0n) is 18.5. The van der Waals surface area contributed by atoms with Gasteiger partial charge in [0.05, 0.1) is 16.7 Å². The van der Waals surface area contributed by atoms with Gasteiger partial charge in [-0.25, -0.2) is 4.68 Å². The highest BCUT2D eigenvalue weighted by molar-refractivity contribution is 8.26. The maximum atomic E-state index is 12.8. The largest absolute Gasteiger partial charge is 0.491 e. The molecule has 0 bridgehead atoms. The summed E-state index contributed by atoms with van der Waals surface area (Å²) in [6, 6.07) is 16.0. The smallest absolute Gasteiger partial charge is 0.266 e. The Hall–Kier alpha value is -2.90. The molecule has 0 aliphatic carbocycles. The Labute approximate surface area is 198 Å². The van der Waals surface area contributed by atoms with E-state index in [1.807, 2.05) is 93.2 Å². The van der Waals surface area contributed by atoms with Gasteiger partial charge in [0.2, 0.25) is 0 Å². The van der Waals surface area contributed by atoms with Gasteiger partial charge < -0.3 is 4.74 Å². The number of rotatable bonds is 6. The van der Waals surface area contributed by atoms with Gasteiger partial charge in [-0.1, -0.05) is 42.2 Å². The monoisotopic (exact) mass is 463 g/mol. The van der Waals surface area contributed by atoms with Gasteiger partial charge in [0, 0.05) is 23.9 Å². The number of para-hydroxylation sites is 1. The van der Waals surface area contributed by atoms with Crippen LogP contribution in [0.3, 0.4) is 0 Å². The van der Waals surface area contributed by atoms with Crippen molar-refractivity contribution < 1.29 is 9.53 Å². The average Bonchev–Trinajstić information content (AvgIpc) is 3.29. The molecule has 1 amide bonds. The molecule has 0 spiro atoms. The number of thiocarbonyl (C=S) groups is 1. The van der Waals surface area contributed by atoms with E-state index in [4.69, 9.17) is 22.1 Å². The quantitative estimate of drug-likeness (QED) is 0.339.